The number of carbonyl (C=O) groups is 1. The lowest BCUT2D eigenvalue weighted by Gasteiger charge is -2.35. The average Bonchev–Trinajstić information content (AvgIpc) is 3.21. The Morgan fingerprint density at radius 2 is 2.06 bits per heavy atom. The van der Waals surface area contributed by atoms with Gasteiger partial charge in [-0.2, -0.15) is 0 Å². The average molecular weight is 555 g/mol. The Balaban J connectivity index is 0.00000363. The molecule has 176 valence electrons. The highest BCUT2D eigenvalue weighted by Crippen LogP contribution is 2.18. The van der Waals surface area contributed by atoms with Crippen LogP contribution in [0.4, 0.5) is 4.79 Å². The van der Waals surface area contributed by atoms with E-state index in [1.54, 1.807) is 11.2 Å². The van der Waals surface area contributed by atoms with E-state index in [1.807, 2.05) is 58.0 Å². The predicted molar refractivity (Wildman–Crippen MR) is 136 cm³/mol. The van der Waals surface area contributed by atoms with E-state index in [9.17, 15) is 4.79 Å². The fourth-order valence-corrected chi connectivity index (χ4v) is 3.35. The van der Waals surface area contributed by atoms with Crippen molar-refractivity contribution in [1.29, 1.82) is 0 Å². The quantitative estimate of drug-likeness (QED) is 0.323. The highest BCUT2D eigenvalue weighted by Gasteiger charge is 2.28. The number of piperidine rings is 1. The number of nitrogens with zero attached hydrogens (tertiary/aromatic N) is 3. The molecular formula is C23H34IN5O3. The molecule has 1 unspecified atom stereocenters. The molecule has 3 rings (SSSR count). The molecule has 1 fully saturated rings. The molecule has 1 aliphatic heterocycles. The van der Waals surface area contributed by atoms with Crippen molar-refractivity contribution in [3.8, 4) is 11.5 Å². The van der Waals surface area contributed by atoms with Crippen molar-refractivity contribution in [3.05, 3.63) is 42.3 Å². The minimum atomic E-state index is -0.496. The molecule has 0 saturated carbocycles. The zero-order valence-electron chi connectivity index (χ0n) is 19.3. The minimum Gasteiger partial charge on any atom is -0.444 e. The van der Waals surface area contributed by atoms with Crippen LogP contribution in [0.1, 0.15) is 46.2 Å². The Hall–Kier alpha value is -2.30. The van der Waals surface area contributed by atoms with E-state index >= 15 is 0 Å². The summed E-state index contributed by atoms with van der Waals surface area (Å²) in [5.74, 6) is 1.28. The smallest absolute Gasteiger partial charge is 0.410 e. The second-order valence-corrected chi connectivity index (χ2v) is 8.62. The molecule has 0 spiro atoms. The number of aromatic nitrogens is 1. The molecule has 1 saturated heterocycles. The van der Waals surface area contributed by atoms with Crippen LogP contribution in [0.5, 0.6) is 0 Å². The van der Waals surface area contributed by atoms with Gasteiger partial charge in [-0.25, -0.2) is 14.8 Å². The first-order valence-corrected chi connectivity index (χ1v) is 10.9. The number of hydrogen-bond acceptors (Lipinski definition) is 5. The first-order chi connectivity index (χ1) is 14.8. The molecule has 9 heteroatoms. The summed E-state index contributed by atoms with van der Waals surface area (Å²) in [5, 5.41) is 6.71. The summed E-state index contributed by atoms with van der Waals surface area (Å²) in [6, 6.07) is 9.90. The molecule has 0 aliphatic carbocycles. The number of benzene rings is 1. The molecule has 8 nitrogen and oxygen atoms in total. The Morgan fingerprint density at radius 3 is 2.75 bits per heavy atom. The third kappa shape index (κ3) is 7.99. The van der Waals surface area contributed by atoms with Gasteiger partial charge in [-0.15, -0.1) is 24.0 Å². The molecule has 1 amide bonds. The van der Waals surface area contributed by atoms with Crippen LogP contribution in [0.15, 0.2) is 46.0 Å². The van der Waals surface area contributed by atoms with E-state index in [-0.39, 0.29) is 36.1 Å². The van der Waals surface area contributed by atoms with Crippen LogP contribution in [-0.4, -0.2) is 53.2 Å². The SMILES string of the molecule is CCNC(=NCc1coc(-c2ccccc2)n1)NC1CCCN(C(=O)OC(C)(C)C)C1.I. The number of hydrogen-bond donors (Lipinski definition) is 2. The van der Waals surface area contributed by atoms with Crippen molar-refractivity contribution >= 4 is 36.0 Å². The second-order valence-electron chi connectivity index (χ2n) is 8.62. The van der Waals surface area contributed by atoms with Gasteiger partial charge in [0, 0.05) is 31.2 Å². The molecule has 1 aromatic carbocycles. The van der Waals surface area contributed by atoms with Gasteiger partial charge >= 0.3 is 6.09 Å². The zero-order chi connectivity index (χ0) is 22.3. The lowest BCUT2D eigenvalue weighted by atomic mass is 10.1. The van der Waals surface area contributed by atoms with E-state index in [0.29, 0.717) is 31.5 Å². The first-order valence-electron chi connectivity index (χ1n) is 10.9. The monoisotopic (exact) mass is 555 g/mol. The Bertz CT molecular complexity index is 879. The van der Waals surface area contributed by atoms with Crippen LogP contribution >= 0.6 is 24.0 Å². The number of ether oxygens (including phenoxy) is 1. The normalized spacial score (nSPS) is 16.8. The third-order valence-corrected chi connectivity index (χ3v) is 4.73. The number of halogens is 1. The predicted octanol–water partition coefficient (Wildman–Crippen LogP) is 4.41. The van der Waals surface area contributed by atoms with Crippen molar-refractivity contribution < 1.29 is 13.9 Å². The molecule has 2 aromatic rings. The molecule has 1 atom stereocenters. The van der Waals surface area contributed by atoms with Crippen molar-refractivity contribution in [2.24, 2.45) is 4.99 Å². The van der Waals surface area contributed by atoms with Crippen LogP contribution in [-0.2, 0) is 11.3 Å². The fourth-order valence-electron chi connectivity index (χ4n) is 3.35. The maximum Gasteiger partial charge on any atom is 0.410 e. The van der Waals surface area contributed by atoms with Gasteiger partial charge in [0.25, 0.3) is 0 Å². The number of likely N-dealkylation sites (tertiary alicyclic amines) is 1. The largest absolute Gasteiger partial charge is 0.444 e. The highest BCUT2D eigenvalue weighted by molar-refractivity contribution is 14.0. The van der Waals surface area contributed by atoms with Crippen molar-refractivity contribution in [2.75, 3.05) is 19.6 Å². The number of carbonyl (C=O) groups excluding carboxylic acids is 1. The summed E-state index contributed by atoms with van der Waals surface area (Å²) in [4.78, 5) is 23.4. The summed E-state index contributed by atoms with van der Waals surface area (Å²) in [7, 11) is 0. The van der Waals surface area contributed by atoms with Gasteiger partial charge in [0.15, 0.2) is 5.96 Å². The first kappa shape index (κ1) is 26.0. The zero-order valence-corrected chi connectivity index (χ0v) is 21.6. The summed E-state index contributed by atoms with van der Waals surface area (Å²) < 4.78 is 11.1. The number of aliphatic imine (C=N–C) groups is 1. The Kier molecular flexibility index (Phi) is 9.80. The van der Waals surface area contributed by atoms with Crippen LogP contribution in [0.2, 0.25) is 0 Å². The van der Waals surface area contributed by atoms with Gasteiger partial charge in [-0.1, -0.05) is 18.2 Å². The summed E-state index contributed by atoms with van der Waals surface area (Å²) in [5.41, 5.74) is 1.20. The van der Waals surface area contributed by atoms with Crippen molar-refractivity contribution in [2.45, 2.75) is 58.7 Å². The molecule has 2 heterocycles. The maximum absolute atomic E-state index is 12.4. The molecule has 0 radical (unpaired) electrons. The fraction of sp³-hybridized carbons (Fsp3) is 0.522. The lowest BCUT2D eigenvalue weighted by Crippen LogP contribution is -2.53. The van der Waals surface area contributed by atoms with Gasteiger partial charge in [-0.05, 0) is 52.7 Å². The van der Waals surface area contributed by atoms with Crippen molar-refractivity contribution in [3.63, 3.8) is 0 Å². The van der Waals surface area contributed by atoms with Gasteiger partial charge in [0.1, 0.15) is 17.6 Å². The van der Waals surface area contributed by atoms with E-state index in [1.165, 1.54) is 0 Å². The topological polar surface area (TPSA) is 92.0 Å². The Labute approximate surface area is 207 Å². The van der Waals surface area contributed by atoms with Crippen LogP contribution < -0.4 is 10.6 Å². The van der Waals surface area contributed by atoms with Gasteiger partial charge in [0.2, 0.25) is 5.89 Å². The number of nitrogens with one attached hydrogen (secondary N) is 2. The molecule has 1 aromatic heterocycles. The highest BCUT2D eigenvalue weighted by atomic mass is 127. The molecule has 32 heavy (non-hydrogen) atoms. The molecular weight excluding hydrogens is 521 g/mol. The molecule has 1 aliphatic rings. The number of amides is 1. The summed E-state index contributed by atoms with van der Waals surface area (Å²) in [6.07, 6.45) is 3.25. The second kappa shape index (κ2) is 12.1. The van der Waals surface area contributed by atoms with Gasteiger partial charge in [0.05, 0.1) is 6.54 Å². The van der Waals surface area contributed by atoms with E-state index in [0.717, 1.165) is 30.6 Å². The van der Waals surface area contributed by atoms with Crippen LogP contribution in [0.3, 0.4) is 0 Å². The number of guanidine groups is 1. The van der Waals surface area contributed by atoms with Gasteiger partial charge in [-0.3, -0.25) is 0 Å². The molecule has 2 N–H and O–H groups in total. The minimum absolute atomic E-state index is 0. The van der Waals surface area contributed by atoms with Crippen molar-refractivity contribution in [1.82, 2.24) is 20.5 Å². The molecule has 0 bridgehead atoms. The van der Waals surface area contributed by atoms with Crippen LogP contribution in [0.25, 0.3) is 11.5 Å². The standard InChI is InChI=1S/C23H33N5O3.HI/c1-5-24-21(25-14-19-16-30-20(26-19)17-10-7-6-8-11-17)27-18-12-9-13-28(15-18)22(29)31-23(2,3)4;/h6-8,10-11,16,18H,5,9,12-15H2,1-4H3,(H2,24,25,27);1H. The maximum atomic E-state index is 12.4. The summed E-state index contributed by atoms with van der Waals surface area (Å²) in [6.45, 7) is 10.1. The third-order valence-electron chi connectivity index (χ3n) is 4.73. The van der Waals surface area contributed by atoms with E-state index in [2.05, 4.69) is 20.6 Å². The van der Waals surface area contributed by atoms with E-state index < -0.39 is 5.60 Å². The van der Waals surface area contributed by atoms with Gasteiger partial charge < -0.3 is 24.7 Å². The van der Waals surface area contributed by atoms with Crippen LogP contribution in [0, 0.1) is 0 Å². The Morgan fingerprint density at radius 1 is 1.31 bits per heavy atom. The van der Waals surface area contributed by atoms with E-state index in [4.69, 9.17) is 9.15 Å². The summed E-state index contributed by atoms with van der Waals surface area (Å²) >= 11 is 0. The lowest BCUT2D eigenvalue weighted by molar-refractivity contribution is 0.0193. The number of rotatable bonds is 5. The number of oxazole rings is 1.